The SMILES string of the molecule is Cc1ccc(N2CC(C(=O)NC(C)(C)C)C2)nc1. The molecule has 1 aliphatic rings. The lowest BCUT2D eigenvalue weighted by atomic mass is 9.97. The van der Waals surface area contributed by atoms with Crippen molar-refractivity contribution >= 4 is 11.7 Å². The normalized spacial score (nSPS) is 16.3. The van der Waals surface area contributed by atoms with Gasteiger partial charge >= 0.3 is 0 Å². The first kappa shape index (κ1) is 12.9. The number of anilines is 1. The Hall–Kier alpha value is -1.58. The Morgan fingerprint density at radius 1 is 1.39 bits per heavy atom. The minimum atomic E-state index is -0.153. The molecule has 0 unspecified atom stereocenters. The zero-order valence-corrected chi connectivity index (χ0v) is 11.5. The van der Waals surface area contributed by atoms with E-state index in [1.807, 2.05) is 46.0 Å². The van der Waals surface area contributed by atoms with Gasteiger partial charge in [0.1, 0.15) is 5.82 Å². The molecule has 98 valence electrons. The largest absolute Gasteiger partial charge is 0.355 e. The molecule has 4 heteroatoms. The van der Waals surface area contributed by atoms with Gasteiger partial charge in [-0.25, -0.2) is 4.98 Å². The molecule has 0 bridgehead atoms. The Morgan fingerprint density at radius 2 is 2.06 bits per heavy atom. The molecule has 0 atom stereocenters. The monoisotopic (exact) mass is 247 g/mol. The summed E-state index contributed by atoms with van der Waals surface area (Å²) in [7, 11) is 0. The molecule has 0 aromatic carbocycles. The van der Waals surface area contributed by atoms with Gasteiger partial charge < -0.3 is 10.2 Å². The number of aryl methyl sites for hydroxylation is 1. The number of aromatic nitrogens is 1. The molecule has 18 heavy (non-hydrogen) atoms. The van der Waals surface area contributed by atoms with Crippen LogP contribution in [0.25, 0.3) is 0 Å². The Morgan fingerprint density at radius 3 is 2.56 bits per heavy atom. The summed E-state index contributed by atoms with van der Waals surface area (Å²) in [5, 5.41) is 3.02. The Balaban J connectivity index is 1.87. The summed E-state index contributed by atoms with van der Waals surface area (Å²) >= 11 is 0. The maximum Gasteiger partial charge on any atom is 0.227 e. The average molecular weight is 247 g/mol. The molecule has 1 aromatic rings. The number of rotatable bonds is 2. The topological polar surface area (TPSA) is 45.2 Å². The molecule has 0 spiro atoms. The zero-order chi connectivity index (χ0) is 13.3. The molecule has 1 aliphatic heterocycles. The average Bonchev–Trinajstić information content (AvgIpc) is 2.15. The summed E-state index contributed by atoms with van der Waals surface area (Å²) in [4.78, 5) is 18.4. The van der Waals surface area contributed by atoms with Gasteiger partial charge in [-0.3, -0.25) is 4.79 Å². The predicted octanol–water partition coefficient (Wildman–Crippen LogP) is 1.74. The lowest BCUT2D eigenvalue weighted by molar-refractivity contribution is -0.127. The van der Waals surface area contributed by atoms with E-state index in [4.69, 9.17) is 0 Å². The molecular formula is C14H21N3O. The molecule has 1 N–H and O–H groups in total. The second-order valence-corrected chi connectivity index (χ2v) is 6.03. The van der Waals surface area contributed by atoms with E-state index in [1.165, 1.54) is 0 Å². The fourth-order valence-electron chi connectivity index (χ4n) is 1.95. The van der Waals surface area contributed by atoms with Gasteiger partial charge in [0.15, 0.2) is 0 Å². The van der Waals surface area contributed by atoms with Crippen molar-refractivity contribution in [2.24, 2.45) is 5.92 Å². The van der Waals surface area contributed by atoms with Crippen LogP contribution in [0.4, 0.5) is 5.82 Å². The third kappa shape index (κ3) is 3.00. The van der Waals surface area contributed by atoms with Gasteiger partial charge in [0.25, 0.3) is 0 Å². The second kappa shape index (κ2) is 4.59. The third-order valence-electron chi connectivity index (χ3n) is 2.97. The van der Waals surface area contributed by atoms with Crippen molar-refractivity contribution < 1.29 is 4.79 Å². The van der Waals surface area contributed by atoms with E-state index in [1.54, 1.807) is 0 Å². The molecule has 1 amide bonds. The highest BCUT2D eigenvalue weighted by Gasteiger charge is 2.34. The molecular weight excluding hydrogens is 226 g/mol. The molecule has 1 aromatic heterocycles. The number of hydrogen-bond donors (Lipinski definition) is 1. The fourth-order valence-corrected chi connectivity index (χ4v) is 1.95. The van der Waals surface area contributed by atoms with Crippen molar-refractivity contribution in [2.75, 3.05) is 18.0 Å². The van der Waals surface area contributed by atoms with E-state index in [-0.39, 0.29) is 17.4 Å². The first-order valence-electron chi connectivity index (χ1n) is 6.35. The highest BCUT2D eigenvalue weighted by atomic mass is 16.2. The van der Waals surface area contributed by atoms with Crippen LogP contribution in [0.1, 0.15) is 26.3 Å². The first-order valence-corrected chi connectivity index (χ1v) is 6.35. The van der Waals surface area contributed by atoms with Gasteiger partial charge in [0.05, 0.1) is 5.92 Å². The molecule has 2 heterocycles. The number of pyridine rings is 1. The Labute approximate surface area is 108 Å². The zero-order valence-electron chi connectivity index (χ0n) is 11.5. The second-order valence-electron chi connectivity index (χ2n) is 6.03. The van der Waals surface area contributed by atoms with Crippen molar-refractivity contribution in [2.45, 2.75) is 33.2 Å². The summed E-state index contributed by atoms with van der Waals surface area (Å²) in [6, 6.07) is 4.05. The van der Waals surface area contributed by atoms with E-state index in [9.17, 15) is 4.79 Å². The number of carbonyl (C=O) groups excluding carboxylic acids is 1. The number of carbonyl (C=O) groups is 1. The number of amides is 1. The van der Waals surface area contributed by atoms with E-state index in [0.29, 0.717) is 0 Å². The molecule has 0 saturated carbocycles. The van der Waals surface area contributed by atoms with Gasteiger partial charge in [-0.1, -0.05) is 6.07 Å². The summed E-state index contributed by atoms with van der Waals surface area (Å²) in [6.45, 7) is 9.55. The van der Waals surface area contributed by atoms with Gasteiger partial charge in [0, 0.05) is 24.8 Å². The Bertz CT molecular complexity index is 427. The quantitative estimate of drug-likeness (QED) is 0.866. The van der Waals surface area contributed by atoms with Crippen LogP contribution >= 0.6 is 0 Å². The van der Waals surface area contributed by atoms with E-state index < -0.39 is 0 Å². The van der Waals surface area contributed by atoms with Crippen LogP contribution in [0.2, 0.25) is 0 Å². The first-order chi connectivity index (χ1) is 8.35. The van der Waals surface area contributed by atoms with Crippen LogP contribution < -0.4 is 10.2 Å². The van der Waals surface area contributed by atoms with E-state index in [2.05, 4.69) is 15.2 Å². The highest BCUT2D eigenvalue weighted by Crippen LogP contribution is 2.23. The lowest BCUT2D eigenvalue weighted by Gasteiger charge is -2.40. The minimum absolute atomic E-state index is 0.0901. The molecule has 2 rings (SSSR count). The van der Waals surface area contributed by atoms with Gasteiger partial charge in [-0.15, -0.1) is 0 Å². The van der Waals surface area contributed by atoms with Crippen LogP contribution in [0, 0.1) is 12.8 Å². The van der Waals surface area contributed by atoms with Crippen molar-refractivity contribution in [1.82, 2.24) is 10.3 Å². The van der Waals surface area contributed by atoms with E-state index in [0.717, 1.165) is 24.5 Å². The van der Waals surface area contributed by atoms with Crippen LogP contribution in [0.3, 0.4) is 0 Å². The molecule has 0 radical (unpaired) electrons. The van der Waals surface area contributed by atoms with E-state index >= 15 is 0 Å². The van der Waals surface area contributed by atoms with Crippen LogP contribution in [-0.2, 0) is 4.79 Å². The predicted molar refractivity (Wildman–Crippen MR) is 72.6 cm³/mol. The number of hydrogen-bond acceptors (Lipinski definition) is 3. The summed E-state index contributed by atoms with van der Waals surface area (Å²) in [5.41, 5.74) is 1.00. The maximum atomic E-state index is 11.9. The molecule has 0 aliphatic carbocycles. The highest BCUT2D eigenvalue weighted by molar-refractivity contribution is 5.82. The van der Waals surface area contributed by atoms with Crippen LogP contribution in [-0.4, -0.2) is 29.5 Å². The maximum absolute atomic E-state index is 11.9. The third-order valence-corrected chi connectivity index (χ3v) is 2.97. The standard InChI is InChI=1S/C14H21N3O/c1-10-5-6-12(15-7-10)17-8-11(9-17)13(18)16-14(2,3)4/h5-7,11H,8-9H2,1-4H3,(H,16,18). The smallest absolute Gasteiger partial charge is 0.227 e. The lowest BCUT2D eigenvalue weighted by Crippen LogP contribution is -2.56. The van der Waals surface area contributed by atoms with Gasteiger partial charge in [-0.2, -0.15) is 0 Å². The van der Waals surface area contributed by atoms with Crippen molar-refractivity contribution in [3.8, 4) is 0 Å². The van der Waals surface area contributed by atoms with Crippen molar-refractivity contribution in [1.29, 1.82) is 0 Å². The fraction of sp³-hybridized carbons (Fsp3) is 0.571. The molecule has 1 fully saturated rings. The van der Waals surface area contributed by atoms with Gasteiger partial charge in [-0.05, 0) is 39.3 Å². The molecule has 1 saturated heterocycles. The van der Waals surface area contributed by atoms with Crippen molar-refractivity contribution in [3.63, 3.8) is 0 Å². The molecule has 4 nitrogen and oxygen atoms in total. The summed E-state index contributed by atoms with van der Waals surface area (Å²) in [6.07, 6.45) is 1.86. The van der Waals surface area contributed by atoms with Crippen LogP contribution in [0.5, 0.6) is 0 Å². The Kier molecular flexibility index (Phi) is 3.28. The van der Waals surface area contributed by atoms with Crippen molar-refractivity contribution in [3.05, 3.63) is 23.9 Å². The summed E-state index contributed by atoms with van der Waals surface area (Å²) < 4.78 is 0. The minimum Gasteiger partial charge on any atom is -0.355 e. The summed E-state index contributed by atoms with van der Waals surface area (Å²) in [5.74, 6) is 1.19. The van der Waals surface area contributed by atoms with Gasteiger partial charge in [0.2, 0.25) is 5.91 Å². The number of nitrogens with zero attached hydrogens (tertiary/aromatic N) is 2. The van der Waals surface area contributed by atoms with Crippen LogP contribution in [0.15, 0.2) is 18.3 Å². The number of nitrogens with one attached hydrogen (secondary N) is 1.